The van der Waals surface area contributed by atoms with Crippen molar-refractivity contribution in [3.05, 3.63) is 35.5 Å². The van der Waals surface area contributed by atoms with Crippen LogP contribution in [0.5, 0.6) is 0 Å². The lowest BCUT2D eigenvalue weighted by atomic mass is 10.3. The molecule has 3 aromatic rings. The van der Waals surface area contributed by atoms with Crippen molar-refractivity contribution in [3.8, 4) is 11.5 Å². The van der Waals surface area contributed by atoms with Crippen LogP contribution < -0.4 is 4.90 Å². The molecule has 0 bridgehead atoms. The Morgan fingerprint density at radius 3 is 2.59 bits per heavy atom. The van der Waals surface area contributed by atoms with Crippen molar-refractivity contribution in [1.29, 1.82) is 0 Å². The Morgan fingerprint density at radius 2 is 1.89 bits per heavy atom. The summed E-state index contributed by atoms with van der Waals surface area (Å²) < 4.78 is 1.99. The summed E-state index contributed by atoms with van der Waals surface area (Å²) in [6.45, 7) is 4.66. The average Bonchev–Trinajstić information content (AvgIpc) is 3.04. The molecule has 140 valence electrons. The van der Waals surface area contributed by atoms with Crippen molar-refractivity contribution in [2.75, 3.05) is 31.1 Å². The zero-order valence-corrected chi connectivity index (χ0v) is 16.1. The lowest BCUT2D eigenvalue weighted by molar-refractivity contribution is -0.131. The molecule has 1 amide bonds. The Balaban J connectivity index is 1.64. The molecule has 0 N–H and O–H groups in total. The maximum Gasteiger partial charge on any atom is 0.226 e. The third-order valence-corrected chi connectivity index (χ3v) is 5.22. The molecule has 4 rings (SSSR count). The Bertz CT molecular complexity index is 993. The van der Waals surface area contributed by atoms with E-state index in [4.69, 9.17) is 21.6 Å². The second kappa shape index (κ2) is 7.15. The monoisotopic (exact) mass is 384 g/mol. The van der Waals surface area contributed by atoms with Crippen molar-refractivity contribution in [1.82, 2.24) is 24.4 Å². The van der Waals surface area contributed by atoms with E-state index >= 15 is 0 Å². The van der Waals surface area contributed by atoms with Crippen molar-refractivity contribution in [2.45, 2.75) is 13.3 Å². The predicted octanol–water partition coefficient (Wildman–Crippen LogP) is 2.74. The van der Waals surface area contributed by atoms with Gasteiger partial charge in [0.2, 0.25) is 11.9 Å². The molecule has 7 nitrogen and oxygen atoms in total. The van der Waals surface area contributed by atoms with E-state index in [1.54, 1.807) is 6.20 Å². The number of nitrogens with zero attached hydrogens (tertiary/aromatic N) is 6. The standard InChI is InChI=1S/C19H21ClN6O/c1-3-16(27)25-8-10-26(11-9-25)19-21-12-13(20)17(23-19)18-22-14-6-4-5-7-15(14)24(18)2/h4-7,12H,3,8-11H2,1-2H3. The van der Waals surface area contributed by atoms with Gasteiger partial charge in [-0.2, -0.15) is 0 Å². The van der Waals surface area contributed by atoms with E-state index in [-0.39, 0.29) is 5.91 Å². The number of para-hydroxylation sites is 2. The summed E-state index contributed by atoms with van der Waals surface area (Å²) >= 11 is 6.40. The molecule has 1 aliphatic heterocycles. The highest BCUT2D eigenvalue weighted by molar-refractivity contribution is 6.32. The van der Waals surface area contributed by atoms with Crippen LogP contribution in [0, 0.1) is 0 Å². The molecule has 1 fully saturated rings. The summed E-state index contributed by atoms with van der Waals surface area (Å²) in [5.41, 5.74) is 2.54. The minimum Gasteiger partial charge on any atom is -0.339 e. The molecule has 0 aliphatic carbocycles. The highest BCUT2D eigenvalue weighted by atomic mass is 35.5. The summed E-state index contributed by atoms with van der Waals surface area (Å²) in [4.78, 5) is 29.6. The largest absolute Gasteiger partial charge is 0.339 e. The maximum atomic E-state index is 11.9. The van der Waals surface area contributed by atoms with Crippen LogP contribution in [-0.4, -0.2) is 56.5 Å². The average molecular weight is 385 g/mol. The van der Waals surface area contributed by atoms with Crippen LogP contribution in [0.2, 0.25) is 5.02 Å². The van der Waals surface area contributed by atoms with Crippen LogP contribution >= 0.6 is 11.6 Å². The van der Waals surface area contributed by atoms with Gasteiger partial charge in [-0.1, -0.05) is 30.7 Å². The second-order valence-electron chi connectivity index (χ2n) is 6.57. The van der Waals surface area contributed by atoms with Crippen LogP contribution in [-0.2, 0) is 11.8 Å². The molecule has 2 aromatic heterocycles. The zero-order chi connectivity index (χ0) is 19.0. The lowest BCUT2D eigenvalue weighted by Gasteiger charge is -2.34. The van der Waals surface area contributed by atoms with Crippen molar-refractivity contribution in [3.63, 3.8) is 0 Å². The molecule has 1 aromatic carbocycles. The van der Waals surface area contributed by atoms with E-state index in [2.05, 4.69) is 9.88 Å². The first-order chi connectivity index (χ1) is 13.1. The van der Waals surface area contributed by atoms with Gasteiger partial charge in [0.15, 0.2) is 5.82 Å². The summed E-state index contributed by atoms with van der Waals surface area (Å²) in [5, 5.41) is 0.469. The number of carbonyl (C=O) groups is 1. The number of carbonyl (C=O) groups excluding carboxylic acids is 1. The van der Waals surface area contributed by atoms with Gasteiger partial charge >= 0.3 is 0 Å². The van der Waals surface area contributed by atoms with Gasteiger partial charge in [-0.25, -0.2) is 15.0 Å². The molecule has 0 saturated carbocycles. The van der Waals surface area contributed by atoms with Crippen LogP contribution in [0.3, 0.4) is 0 Å². The number of hydrogen-bond donors (Lipinski definition) is 0. The number of aromatic nitrogens is 4. The fraction of sp³-hybridized carbons (Fsp3) is 0.368. The Hall–Kier alpha value is -2.67. The third-order valence-electron chi connectivity index (χ3n) is 4.95. The number of anilines is 1. The van der Waals surface area contributed by atoms with Gasteiger partial charge in [0.05, 0.1) is 22.3 Å². The summed E-state index contributed by atoms with van der Waals surface area (Å²) in [6, 6.07) is 7.94. The van der Waals surface area contributed by atoms with Gasteiger partial charge in [0.1, 0.15) is 5.69 Å². The Morgan fingerprint density at radius 1 is 1.15 bits per heavy atom. The topological polar surface area (TPSA) is 67.2 Å². The van der Waals surface area contributed by atoms with Gasteiger partial charge in [-0.05, 0) is 12.1 Å². The van der Waals surface area contributed by atoms with Crippen molar-refractivity contribution >= 4 is 34.5 Å². The van der Waals surface area contributed by atoms with Gasteiger partial charge < -0.3 is 14.4 Å². The van der Waals surface area contributed by atoms with E-state index in [9.17, 15) is 4.79 Å². The van der Waals surface area contributed by atoms with E-state index in [0.717, 1.165) is 11.0 Å². The quantitative estimate of drug-likeness (QED) is 0.694. The molecule has 0 unspecified atom stereocenters. The Kier molecular flexibility index (Phi) is 4.70. The van der Waals surface area contributed by atoms with Crippen LogP contribution in [0.15, 0.2) is 30.5 Å². The molecule has 0 spiro atoms. The van der Waals surface area contributed by atoms with E-state index < -0.39 is 0 Å². The first kappa shape index (κ1) is 17.7. The normalized spacial score (nSPS) is 14.8. The maximum absolute atomic E-state index is 11.9. The van der Waals surface area contributed by atoms with Gasteiger partial charge in [-0.15, -0.1) is 0 Å². The van der Waals surface area contributed by atoms with E-state index in [0.29, 0.717) is 55.1 Å². The lowest BCUT2D eigenvalue weighted by Crippen LogP contribution is -2.49. The number of hydrogen-bond acceptors (Lipinski definition) is 5. The number of piperazine rings is 1. The summed E-state index contributed by atoms with van der Waals surface area (Å²) in [6.07, 6.45) is 2.16. The first-order valence-corrected chi connectivity index (χ1v) is 9.43. The number of imidazole rings is 1. The van der Waals surface area contributed by atoms with Gasteiger partial charge in [-0.3, -0.25) is 4.79 Å². The first-order valence-electron chi connectivity index (χ1n) is 9.05. The molecule has 3 heterocycles. The highest BCUT2D eigenvalue weighted by Gasteiger charge is 2.23. The van der Waals surface area contributed by atoms with Crippen LogP contribution in [0.1, 0.15) is 13.3 Å². The number of rotatable bonds is 3. The van der Waals surface area contributed by atoms with E-state index in [1.165, 1.54) is 0 Å². The zero-order valence-electron chi connectivity index (χ0n) is 15.4. The smallest absolute Gasteiger partial charge is 0.226 e. The molecule has 8 heteroatoms. The molecule has 1 aliphatic rings. The minimum absolute atomic E-state index is 0.187. The number of fused-ring (bicyclic) bond motifs is 1. The van der Waals surface area contributed by atoms with Gasteiger partial charge in [0, 0.05) is 39.6 Å². The molecule has 27 heavy (non-hydrogen) atoms. The van der Waals surface area contributed by atoms with Crippen molar-refractivity contribution < 1.29 is 4.79 Å². The highest BCUT2D eigenvalue weighted by Crippen LogP contribution is 2.29. The number of halogens is 1. The number of amides is 1. The number of aryl methyl sites for hydroxylation is 1. The Labute approximate surface area is 162 Å². The predicted molar refractivity (Wildman–Crippen MR) is 106 cm³/mol. The SMILES string of the molecule is CCC(=O)N1CCN(c2ncc(Cl)c(-c3nc4ccccc4n3C)n2)CC1. The third kappa shape index (κ3) is 3.23. The van der Waals surface area contributed by atoms with Crippen molar-refractivity contribution in [2.24, 2.45) is 7.05 Å². The fourth-order valence-electron chi connectivity index (χ4n) is 3.40. The number of benzene rings is 1. The molecule has 1 saturated heterocycles. The van der Waals surface area contributed by atoms with Gasteiger partial charge in [0.25, 0.3) is 0 Å². The second-order valence-corrected chi connectivity index (χ2v) is 6.98. The van der Waals surface area contributed by atoms with Crippen LogP contribution in [0.25, 0.3) is 22.6 Å². The summed E-state index contributed by atoms with van der Waals surface area (Å²) in [5.74, 6) is 1.52. The van der Waals surface area contributed by atoms with Crippen LogP contribution in [0.4, 0.5) is 5.95 Å². The summed E-state index contributed by atoms with van der Waals surface area (Å²) in [7, 11) is 1.96. The fourth-order valence-corrected chi connectivity index (χ4v) is 3.58. The molecule has 0 radical (unpaired) electrons. The minimum atomic E-state index is 0.187. The molecular formula is C19H21ClN6O. The van der Waals surface area contributed by atoms with E-state index in [1.807, 2.05) is 47.7 Å². The molecular weight excluding hydrogens is 364 g/mol. The molecule has 0 atom stereocenters.